The summed E-state index contributed by atoms with van der Waals surface area (Å²) in [7, 11) is 1.89. The molecule has 1 saturated heterocycles. The van der Waals surface area contributed by atoms with Gasteiger partial charge in [-0.05, 0) is 56.9 Å². The fourth-order valence-electron chi connectivity index (χ4n) is 4.99. The molecule has 0 radical (unpaired) electrons. The number of hydrogen-bond acceptors (Lipinski definition) is 5. The molecule has 2 aliphatic rings. The van der Waals surface area contributed by atoms with Crippen molar-refractivity contribution in [3.05, 3.63) is 0 Å². The standard InChI is InChI=1S/C19H37N3O3/c1-4-15-8-9-16-13-22(12-14(2)21-18(23)11-20-24)10-6-5-7-17(16)19(15)25-3/h14-17,19-20,24H,4-13H2,1-3H3,(H,21,23)/t14-,15?,16-,17?,19?/m0/s1. The van der Waals surface area contributed by atoms with E-state index in [4.69, 9.17) is 9.94 Å². The quantitative estimate of drug-likeness (QED) is 0.609. The first kappa shape index (κ1) is 20.6. The summed E-state index contributed by atoms with van der Waals surface area (Å²) in [4.78, 5) is 14.1. The molecule has 1 aliphatic heterocycles. The first-order chi connectivity index (χ1) is 12.1. The van der Waals surface area contributed by atoms with Crippen molar-refractivity contribution in [2.24, 2.45) is 17.8 Å². The summed E-state index contributed by atoms with van der Waals surface area (Å²) >= 11 is 0. The SMILES string of the molecule is CCC1CC[C@H]2CN(C[C@H](C)NC(=O)CNO)CCCCC2C1OC. The summed E-state index contributed by atoms with van der Waals surface area (Å²) in [6.07, 6.45) is 7.98. The van der Waals surface area contributed by atoms with Crippen molar-refractivity contribution in [3.63, 3.8) is 0 Å². The lowest BCUT2D eigenvalue weighted by Crippen LogP contribution is -2.49. The highest BCUT2D eigenvalue weighted by atomic mass is 16.5. The fourth-order valence-corrected chi connectivity index (χ4v) is 4.99. The van der Waals surface area contributed by atoms with E-state index in [1.54, 1.807) is 0 Å². The highest BCUT2D eigenvalue weighted by Crippen LogP contribution is 2.41. The Morgan fingerprint density at radius 2 is 2.12 bits per heavy atom. The molecule has 1 aliphatic carbocycles. The van der Waals surface area contributed by atoms with Gasteiger partial charge in [-0.1, -0.05) is 19.8 Å². The minimum absolute atomic E-state index is 0.0526. The molecule has 0 aromatic carbocycles. The third-order valence-corrected chi connectivity index (χ3v) is 6.13. The van der Waals surface area contributed by atoms with Crippen LogP contribution in [0.25, 0.3) is 0 Å². The van der Waals surface area contributed by atoms with Crippen LogP contribution in [0.2, 0.25) is 0 Å². The smallest absolute Gasteiger partial charge is 0.236 e. The average Bonchev–Trinajstić information content (AvgIpc) is 2.56. The fraction of sp³-hybridized carbons (Fsp3) is 0.947. The van der Waals surface area contributed by atoms with Gasteiger partial charge >= 0.3 is 0 Å². The maximum atomic E-state index is 11.6. The van der Waals surface area contributed by atoms with Crippen molar-refractivity contribution in [3.8, 4) is 0 Å². The van der Waals surface area contributed by atoms with Crippen LogP contribution in [-0.2, 0) is 9.53 Å². The maximum Gasteiger partial charge on any atom is 0.236 e. The molecule has 6 heteroatoms. The number of methoxy groups -OCH3 is 1. The maximum absolute atomic E-state index is 11.6. The number of ether oxygens (including phenoxy) is 1. The lowest BCUT2D eigenvalue weighted by atomic mass is 9.68. The minimum atomic E-state index is -0.164. The number of hydrogen-bond donors (Lipinski definition) is 3. The summed E-state index contributed by atoms with van der Waals surface area (Å²) in [6, 6.07) is 0.0870. The first-order valence-corrected chi connectivity index (χ1v) is 10.0. The molecule has 25 heavy (non-hydrogen) atoms. The van der Waals surface area contributed by atoms with Crippen molar-refractivity contribution in [1.29, 1.82) is 0 Å². The van der Waals surface area contributed by atoms with Crippen LogP contribution in [0.1, 0.15) is 52.4 Å². The molecular formula is C19H37N3O3. The monoisotopic (exact) mass is 355 g/mol. The van der Waals surface area contributed by atoms with Gasteiger partial charge in [0.05, 0.1) is 12.6 Å². The minimum Gasteiger partial charge on any atom is -0.381 e. The van der Waals surface area contributed by atoms with Crippen molar-refractivity contribution < 1.29 is 14.7 Å². The van der Waals surface area contributed by atoms with Crippen molar-refractivity contribution >= 4 is 5.91 Å². The summed E-state index contributed by atoms with van der Waals surface area (Å²) < 4.78 is 5.95. The number of nitrogens with one attached hydrogen (secondary N) is 2. The number of carbonyl (C=O) groups is 1. The topological polar surface area (TPSA) is 73.8 Å². The number of nitrogens with zero attached hydrogens (tertiary/aromatic N) is 1. The van der Waals surface area contributed by atoms with Gasteiger partial charge in [0.2, 0.25) is 5.91 Å². The van der Waals surface area contributed by atoms with E-state index in [1.165, 1.54) is 38.5 Å². The van der Waals surface area contributed by atoms with Crippen LogP contribution in [-0.4, -0.2) is 61.4 Å². The number of hydroxylamine groups is 1. The molecule has 3 N–H and O–H groups in total. The van der Waals surface area contributed by atoms with E-state index < -0.39 is 0 Å². The van der Waals surface area contributed by atoms with Gasteiger partial charge in [0.1, 0.15) is 0 Å². The van der Waals surface area contributed by atoms with Crippen LogP contribution in [0.5, 0.6) is 0 Å². The van der Waals surface area contributed by atoms with E-state index in [-0.39, 0.29) is 18.5 Å². The predicted octanol–water partition coefficient (Wildman–Crippen LogP) is 2.02. The average molecular weight is 356 g/mol. The second-order valence-corrected chi connectivity index (χ2v) is 7.93. The number of amides is 1. The van der Waals surface area contributed by atoms with E-state index in [9.17, 15) is 4.79 Å². The van der Waals surface area contributed by atoms with E-state index in [0.29, 0.717) is 23.9 Å². The molecule has 0 aromatic rings. The van der Waals surface area contributed by atoms with E-state index in [0.717, 1.165) is 19.6 Å². The van der Waals surface area contributed by atoms with Crippen LogP contribution in [0.4, 0.5) is 0 Å². The van der Waals surface area contributed by atoms with Gasteiger partial charge in [-0.3, -0.25) is 4.79 Å². The van der Waals surface area contributed by atoms with Crippen molar-refractivity contribution in [2.45, 2.75) is 64.5 Å². The number of likely N-dealkylation sites (tertiary alicyclic amines) is 1. The van der Waals surface area contributed by atoms with E-state index >= 15 is 0 Å². The summed E-state index contributed by atoms with van der Waals surface area (Å²) in [5.74, 6) is 1.93. The third-order valence-electron chi connectivity index (χ3n) is 6.13. The number of carbonyl (C=O) groups excluding carboxylic acids is 1. The largest absolute Gasteiger partial charge is 0.381 e. The zero-order valence-electron chi connectivity index (χ0n) is 16.2. The zero-order valence-corrected chi connectivity index (χ0v) is 16.2. The Labute approximate surface area is 152 Å². The van der Waals surface area contributed by atoms with Crippen LogP contribution in [0.3, 0.4) is 0 Å². The Morgan fingerprint density at radius 1 is 1.32 bits per heavy atom. The van der Waals surface area contributed by atoms with Gasteiger partial charge in [0, 0.05) is 26.2 Å². The van der Waals surface area contributed by atoms with Crippen LogP contribution >= 0.6 is 0 Å². The van der Waals surface area contributed by atoms with Gasteiger partial charge in [-0.15, -0.1) is 0 Å². The Kier molecular flexibility index (Phi) is 8.62. The molecule has 2 rings (SSSR count). The lowest BCUT2D eigenvalue weighted by Gasteiger charge is -2.45. The molecule has 1 saturated carbocycles. The van der Waals surface area contributed by atoms with E-state index in [1.807, 2.05) is 19.5 Å². The third kappa shape index (κ3) is 5.91. The first-order valence-electron chi connectivity index (χ1n) is 10.0. The van der Waals surface area contributed by atoms with Crippen LogP contribution in [0, 0.1) is 17.8 Å². The zero-order chi connectivity index (χ0) is 18.2. The van der Waals surface area contributed by atoms with Crippen molar-refractivity contribution in [1.82, 2.24) is 15.7 Å². The molecule has 3 unspecified atom stereocenters. The highest BCUT2D eigenvalue weighted by molar-refractivity contribution is 5.78. The summed E-state index contributed by atoms with van der Waals surface area (Å²) in [5.41, 5.74) is 1.91. The molecule has 2 fully saturated rings. The van der Waals surface area contributed by atoms with Gasteiger partial charge in [-0.25, -0.2) is 0 Å². The molecule has 5 atom stereocenters. The second kappa shape index (κ2) is 10.5. The Bertz CT molecular complexity index is 407. The lowest BCUT2D eigenvalue weighted by molar-refractivity contribution is -0.122. The Morgan fingerprint density at radius 3 is 2.80 bits per heavy atom. The summed E-state index contributed by atoms with van der Waals surface area (Å²) in [6.45, 7) is 7.36. The highest BCUT2D eigenvalue weighted by Gasteiger charge is 2.39. The van der Waals surface area contributed by atoms with Gasteiger partial charge in [0.15, 0.2) is 0 Å². The number of rotatable bonds is 7. The molecule has 6 nitrogen and oxygen atoms in total. The normalized spacial score (nSPS) is 32.3. The molecule has 0 spiro atoms. The van der Waals surface area contributed by atoms with Crippen LogP contribution < -0.4 is 10.8 Å². The number of fused-ring (bicyclic) bond motifs is 1. The second-order valence-electron chi connectivity index (χ2n) is 7.93. The van der Waals surface area contributed by atoms with E-state index in [2.05, 4.69) is 17.1 Å². The van der Waals surface area contributed by atoms with Gasteiger partial charge in [-0.2, -0.15) is 5.48 Å². The van der Waals surface area contributed by atoms with Gasteiger partial charge < -0.3 is 20.2 Å². The van der Waals surface area contributed by atoms with Gasteiger partial charge in [0.25, 0.3) is 0 Å². The molecule has 1 heterocycles. The Balaban J connectivity index is 1.93. The molecule has 0 aromatic heterocycles. The predicted molar refractivity (Wildman–Crippen MR) is 98.5 cm³/mol. The van der Waals surface area contributed by atoms with Crippen molar-refractivity contribution in [2.75, 3.05) is 33.3 Å². The molecule has 1 amide bonds. The summed E-state index contributed by atoms with van der Waals surface area (Å²) in [5, 5.41) is 11.6. The molecule has 0 bridgehead atoms. The Hall–Kier alpha value is -0.690. The molecular weight excluding hydrogens is 318 g/mol. The molecule has 146 valence electrons. The van der Waals surface area contributed by atoms with Crippen LogP contribution in [0.15, 0.2) is 0 Å².